The van der Waals surface area contributed by atoms with Crippen molar-refractivity contribution >= 4 is 45.3 Å². The SMILES string of the molecule is O=C(Nc1ccc2oc(-c3ccc(Cl)cc3)nc2c1)c1cc2ccccc2o1. The molecule has 136 valence electrons. The molecule has 0 aliphatic heterocycles. The normalized spacial score (nSPS) is 11.2. The molecule has 0 saturated carbocycles. The molecular formula is C22H13ClN2O3. The predicted octanol–water partition coefficient (Wildman–Crippen LogP) is 6.15. The van der Waals surface area contributed by atoms with E-state index in [1.807, 2.05) is 36.4 Å². The lowest BCUT2D eigenvalue weighted by atomic mass is 10.2. The van der Waals surface area contributed by atoms with Crippen LogP contribution in [0.25, 0.3) is 33.5 Å². The van der Waals surface area contributed by atoms with Gasteiger partial charge in [-0.3, -0.25) is 4.79 Å². The number of nitrogens with zero attached hydrogens (tertiary/aromatic N) is 1. The lowest BCUT2D eigenvalue weighted by molar-refractivity contribution is 0.0998. The third-order valence-corrected chi connectivity index (χ3v) is 4.64. The smallest absolute Gasteiger partial charge is 0.291 e. The number of rotatable bonds is 3. The van der Waals surface area contributed by atoms with Gasteiger partial charge < -0.3 is 14.2 Å². The Morgan fingerprint density at radius 2 is 1.71 bits per heavy atom. The number of para-hydroxylation sites is 1. The second kappa shape index (κ2) is 6.55. The van der Waals surface area contributed by atoms with Gasteiger partial charge in [0.05, 0.1) is 0 Å². The van der Waals surface area contributed by atoms with E-state index in [1.54, 1.807) is 36.4 Å². The van der Waals surface area contributed by atoms with E-state index in [-0.39, 0.29) is 11.7 Å². The van der Waals surface area contributed by atoms with Gasteiger partial charge in [0.1, 0.15) is 11.1 Å². The van der Waals surface area contributed by atoms with Crippen LogP contribution < -0.4 is 5.32 Å². The Morgan fingerprint density at radius 3 is 2.54 bits per heavy atom. The van der Waals surface area contributed by atoms with Crippen LogP contribution in [0.2, 0.25) is 5.02 Å². The average Bonchev–Trinajstić information content (AvgIpc) is 3.32. The van der Waals surface area contributed by atoms with E-state index in [0.29, 0.717) is 33.3 Å². The molecule has 1 amide bonds. The van der Waals surface area contributed by atoms with Crippen LogP contribution in [0.4, 0.5) is 5.69 Å². The van der Waals surface area contributed by atoms with Crippen molar-refractivity contribution in [2.75, 3.05) is 5.32 Å². The Balaban J connectivity index is 1.42. The van der Waals surface area contributed by atoms with Crippen molar-refractivity contribution in [3.05, 3.63) is 83.6 Å². The van der Waals surface area contributed by atoms with Crippen LogP contribution in [0.1, 0.15) is 10.6 Å². The van der Waals surface area contributed by atoms with Crippen LogP contribution in [0, 0.1) is 0 Å². The van der Waals surface area contributed by atoms with Crippen molar-refractivity contribution in [1.29, 1.82) is 0 Å². The molecule has 3 aromatic carbocycles. The van der Waals surface area contributed by atoms with Gasteiger partial charge in [-0.05, 0) is 54.6 Å². The second-order valence-electron chi connectivity index (χ2n) is 6.31. The Labute approximate surface area is 164 Å². The summed E-state index contributed by atoms with van der Waals surface area (Å²) < 4.78 is 11.4. The molecule has 2 aromatic heterocycles. The number of carbonyl (C=O) groups excluding carboxylic acids is 1. The number of benzene rings is 3. The lowest BCUT2D eigenvalue weighted by Gasteiger charge is -2.02. The van der Waals surface area contributed by atoms with Crippen molar-refractivity contribution in [2.24, 2.45) is 0 Å². The number of aromatic nitrogens is 1. The van der Waals surface area contributed by atoms with Crippen LogP contribution in [-0.2, 0) is 0 Å². The van der Waals surface area contributed by atoms with Crippen LogP contribution in [-0.4, -0.2) is 10.9 Å². The van der Waals surface area contributed by atoms with Crippen molar-refractivity contribution in [1.82, 2.24) is 4.98 Å². The largest absolute Gasteiger partial charge is 0.451 e. The first-order valence-electron chi connectivity index (χ1n) is 8.62. The van der Waals surface area contributed by atoms with Crippen LogP contribution in [0.5, 0.6) is 0 Å². The number of hydrogen-bond acceptors (Lipinski definition) is 4. The van der Waals surface area contributed by atoms with E-state index in [2.05, 4.69) is 10.3 Å². The summed E-state index contributed by atoms with van der Waals surface area (Å²) in [6, 6.07) is 21.8. The number of amides is 1. The fourth-order valence-electron chi connectivity index (χ4n) is 3.01. The van der Waals surface area contributed by atoms with E-state index in [0.717, 1.165) is 10.9 Å². The van der Waals surface area contributed by atoms with E-state index in [4.69, 9.17) is 20.4 Å². The maximum Gasteiger partial charge on any atom is 0.291 e. The van der Waals surface area contributed by atoms with E-state index in [9.17, 15) is 4.79 Å². The Morgan fingerprint density at radius 1 is 0.893 bits per heavy atom. The molecule has 0 aliphatic rings. The van der Waals surface area contributed by atoms with Crippen molar-refractivity contribution in [2.45, 2.75) is 0 Å². The van der Waals surface area contributed by atoms with E-state index < -0.39 is 0 Å². The quantitative estimate of drug-likeness (QED) is 0.402. The Hall–Kier alpha value is -3.57. The molecule has 0 spiro atoms. The van der Waals surface area contributed by atoms with Gasteiger partial charge in [0.15, 0.2) is 11.3 Å². The Bertz CT molecular complexity index is 1290. The zero-order valence-corrected chi connectivity index (χ0v) is 15.2. The first kappa shape index (κ1) is 16.6. The van der Waals surface area contributed by atoms with Crippen molar-refractivity contribution in [3.63, 3.8) is 0 Å². The number of carbonyl (C=O) groups is 1. The van der Waals surface area contributed by atoms with Gasteiger partial charge in [-0.15, -0.1) is 0 Å². The van der Waals surface area contributed by atoms with Gasteiger partial charge >= 0.3 is 0 Å². The van der Waals surface area contributed by atoms with Gasteiger partial charge in [0.25, 0.3) is 5.91 Å². The van der Waals surface area contributed by atoms with Gasteiger partial charge in [-0.2, -0.15) is 0 Å². The molecular weight excluding hydrogens is 376 g/mol. The highest BCUT2D eigenvalue weighted by Crippen LogP contribution is 2.27. The molecule has 0 aliphatic carbocycles. The third kappa shape index (κ3) is 3.02. The van der Waals surface area contributed by atoms with Crippen LogP contribution >= 0.6 is 11.6 Å². The fraction of sp³-hybridized carbons (Fsp3) is 0. The maximum absolute atomic E-state index is 12.5. The summed E-state index contributed by atoms with van der Waals surface area (Å²) in [4.78, 5) is 17.0. The molecule has 0 bridgehead atoms. The molecule has 0 unspecified atom stereocenters. The first-order chi connectivity index (χ1) is 13.7. The van der Waals surface area contributed by atoms with Gasteiger partial charge in [0.2, 0.25) is 5.89 Å². The number of fused-ring (bicyclic) bond motifs is 2. The highest BCUT2D eigenvalue weighted by Gasteiger charge is 2.14. The predicted molar refractivity (Wildman–Crippen MR) is 109 cm³/mol. The van der Waals surface area contributed by atoms with E-state index in [1.165, 1.54) is 0 Å². The zero-order chi connectivity index (χ0) is 19.1. The minimum Gasteiger partial charge on any atom is -0.451 e. The van der Waals surface area contributed by atoms with Crippen molar-refractivity contribution in [3.8, 4) is 11.5 Å². The average molecular weight is 389 g/mol. The fourth-order valence-corrected chi connectivity index (χ4v) is 3.13. The molecule has 2 heterocycles. The highest BCUT2D eigenvalue weighted by molar-refractivity contribution is 6.30. The summed E-state index contributed by atoms with van der Waals surface area (Å²) in [7, 11) is 0. The first-order valence-corrected chi connectivity index (χ1v) is 9.00. The monoisotopic (exact) mass is 388 g/mol. The zero-order valence-electron chi connectivity index (χ0n) is 14.5. The number of oxazole rings is 1. The number of halogens is 1. The highest BCUT2D eigenvalue weighted by atomic mass is 35.5. The molecule has 28 heavy (non-hydrogen) atoms. The number of hydrogen-bond donors (Lipinski definition) is 1. The second-order valence-corrected chi connectivity index (χ2v) is 6.75. The third-order valence-electron chi connectivity index (χ3n) is 4.39. The Kier molecular flexibility index (Phi) is 3.88. The molecule has 0 atom stereocenters. The molecule has 5 nitrogen and oxygen atoms in total. The van der Waals surface area contributed by atoms with Crippen molar-refractivity contribution < 1.29 is 13.6 Å². The van der Waals surface area contributed by atoms with Crippen LogP contribution in [0.3, 0.4) is 0 Å². The minimum absolute atomic E-state index is 0.253. The summed E-state index contributed by atoms with van der Waals surface area (Å²) in [6.45, 7) is 0. The van der Waals surface area contributed by atoms with Gasteiger partial charge in [0, 0.05) is 21.7 Å². The lowest BCUT2D eigenvalue weighted by Crippen LogP contribution is -2.10. The molecule has 0 radical (unpaired) electrons. The molecule has 5 aromatic rings. The molecule has 0 saturated heterocycles. The summed E-state index contributed by atoms with van der Waals surface area (Å²) in [6.07, 6.45) is 0. The molecule has 0 fully saturated rings. The molecule has 6 heteroatoms. The molecule has 5 rings (SSSR count). The number of nitrogens with one attached hydrogen (secondary N) is 1. The summed E-state index contributed by atoms with van der Waals surface area (Å²) in [5.41, 5.74) is 3.38. The van der Waals surface area contributed by atoms with Crippen LogP contribution in [0.15, 0.2) is 81.6 Å². The number of furan rings is 1. The topological polar surface area (TPSA) is 68.3 Å². The summed E-state index contributed by atoms with van der Waals surface area (Å²) in [5, 5.41) is 4.37. The summed E-state index contributed by atoms with van der Waals surface area (Å²) >= 11 is 5.92. The summed E-state index contributed by atoms with van der Waals surface area (Å²) in [5.74, 6) is 0.424. The number of anilines is 1. The van der Waals surface area contributed by atoms with Gasteiger partial charge in [-0.1, -0.05) is 29.8 Å². The maximum atomic E-state index is 12.5. The van der Waals surface area contributed by atoms with E-state index >= 15 is 0 Å². The molecule has 1 N–H and O–H groups in total. The minimum atomic E-state index is -0.322. The van der Waals surface area contributed by atoms with Gasteiger partial charge in [-0.25, -0.2) is 4.98 Å². The standard InChI is InChI=1S/C22H13ClN2O3/c23-15-7-5-13(6-8-15)22-25-17-12-16(9-10-19(17)28-22)24-21(26)20-11-14-3-1-2-4-18(14)27-20/h1-12H,(H,24,26).